The van der Waals surface area contributed by atoms with Crippen LogP contribution in [0.1, 0.15) is 26.7 Å². The summed E-state index contributed by atoms with van der Waals surface area (Å²) in [5.74, 6) is 0.351. The predicted molar refractivity (Wildman–Crippen MR) is 58.6 cm³/mol. The van der Waals surface area contributed by atoms with Gasteiger partial charge in [0.15, 0.2) is 0 Å². The summed E-state index contributed by atoms with van der Waals surface area (Å²) in [7, 11) is 0. The maximum absolute atomic E-state index is 9.02. The van der Waals surface area contributed by atoms with Crippen molar-refractivity contribution in [2.75, 3.05) is 6.61 Å². The number of hydrogen-bond acceptors (Lipinski definition) is 1. The first kappa shape index (κ1) is 12.2. The molecule has 0 aromatic rings. The van der Waals surface area contributed by atoms with Gasteiger partial charge in [-0.2, -0.15) is 0 Å². The van der Waals surface area contributed by atoms with Crippen LogP contribution in [0, 0.1) is 5.92 Å². The summed E-state index contributed by atoms with van der Waals surface area (Å²) in [6, 6.07) is 0. The van der Waals surface area contributed by atoms with Crippen molar-refractivity contribution in [1.82, 2.24) is 0 Å². The Balaban J connectivity index is 4.26. The summed E-state index contributed by atoms with van der Waals surface area (Å²) < 4.78 is 0. The molecule has 0 aliphatic heterocycles. The van der Waals surface area contributed by atoms with E-state index in [1.165, 1.54) is 0 Å². The van der Waals surface area contributed by atoms with Crippen LogP contribution in [0.2, 0.25) is 0 Å². The molecule has 1 N–H and O–H groups in total. The molecule has 74 valence electrons. The van der Waals surface area contributed by atoms with Crippen LogP contribution in [0.15, 0.2) is 36.5 Å². The van der Waals surface area contributed by atoms with Crippen LogP contribution in [0.4, 0.5) is 0 Å². The highest BCUT2D eigenvalue weighted by Crippen LogP contribution is 2.16. The maximum atomic E-state index is 9.02. The average molecular weight is 180 g/mol. The van der Waals surface area contributed by atoms with Gasteiger partial charge in [0.1, 0.15) is 0 Å². The second-order valence-corrected chi connectivity index (χ2v) is 3.43. The SMILES string of the molecule is C=C/C(=C\C(=C)C)CC(CC)CO. The molecule has 1 nitrogen and oxygen atoms in total. The van der Waals surface area contributed by atoms with Crippen LogP contribution in [0.25, 0.3) is 0 Å². The molecule has 0 aromatic heterocycles. The Morgan fingerprint density at radius 3 is 2.46 bits per heavy atom. The highest BCUT2D eigenvalue weighted by molar-refractivity contribution is 5.26. The highest BCUT2D eigenvalue weighted by atomic mass is 16.3. The van der Waals surface area contributed by atoms with Crippen molar-refractivity contribution in [3.63, 3.8) is 0 Å². The molecule has 0 aromatic carbocycles. The van der Waals surface area contributed by atoms with Gasteiger partial charge < -0.3 is 5.11 Å². The molecule has 0 aliphatic rings. The van der Waals surface area contributed by atoms with E-state index in [0.717, 1.165) is 24.0 Å². The zero-order chi connectivity index (χ0) is 10.3. The van der Waals surface area contributed by atoms with Gasteiger partial charge in [0.25, 0.3) is 0 Å². The fourth-order valence-electron chi connectivity index (χ4n) is 1.19. The minimum absolute atomic E-state index is 0.248. The lowest BCUT2D eigenvalue weighted by Crippen LogP contribution is -2.05. The molecule has 1 atom stereocenters. The zero-order valence-electron chi connectivity index (χ0n) is 8.71. The lowest BCUT2D eigenvalue weighted by Gasteiger charge is -2.11. The topological polar surface area (TPSA) is 20.2 Å². The van der Waals surface area contributed by atoms with E-state index in [1.54, 1.807) is 0 Å². The molecule has 13 heavy (non-hydrogen) atoms. The molecule has 0 radical (unpaired) electrons. The molecule has 0 fully saturated rings. The van der Waals surface area contributed by atoms with Gasteiger partial charge in [-0.05, 0) is 24.8 Å². The third kappa shape index (κ3) is 5.42. The van der Waals surface area contributed by atoms with Gasteiger partial charge in [-0.3, -0.25) is 0 Å². The molecule has 0 saturated heterocycles. The Kier molecular flexibility index (Phi) is 6.25. The third-order valence-electron chi connectivity index (χ3n) is 2.05. The maximum Gasteiger partial charge on any atom is 0.0462 e. The predicted octanol–water partition coefficient (Wildman–Crippen LogP) is 3.08. The third-order valence-corrected chi connectivity index (χ3v) is 2.05. The molecule has 1 heteroatoms. The summed E-state index contributed by atoms with van der Waals surface area (Å²) in [6.07, 6.45) is 5.75. The molecule has 0 bridgehead atoms. The minimum atomic E-state index is 0.248. The first-order chi connectivity index (χ1) is 6.13. The van der Waals surface area contributed by atoms with Crippen LogP contribution < -0.4 is 0 Å². The summed E-state index contributed by atoms with van der Waals surface area (Å²) in [4.78, 5) is 0. The van der Waals surface area contributed by atoms with Gasteiger partial charge in [-0.1, -0.05) is 44.2 Å². The summed E-state index contributed by atoms with van der Waals surface area (Å²) in [6.45, 7) is 11.9. The molecule has 0 amide bonds. The Bertz CT molecular complexity index is 197. The number of hydrogen-bond donors (Lipinski definition) is 1. The normalized spacial score (nSPS) is 13.9. The molecule has 1 unspecified atom stereocenters. The highest BCUT2D eigenvalue weighted by Gasteiger charge is 2.05. The summed E-state index contributed by atoms with van der Waals surface area (Å²) >= 11 is 0. The van der Waals surface area contributed by atoms with E-state index < -0.39 is 0 Å². The summed E-state index contributed by atoms with van der Waals surface area (Å²) in [5, 5.41) is 9.02. The van der Waals surface area contributed by atoms with Crippen molar-refractivity contribution in [3.05, 3.63) is 36.5 Å². The van der Waals surface area contributed by atoms with Crippen LogP contribution in [0.3, 0.4) is 0 Å². The van der Waals surface area contributed by atoms with Gasteiger partial charge in [-0.15, -0.1) is 0 Å². The Labute approximate surface area is 81.5 Å². The minimum Gasteiger partial charge on any atom is -0.396 e. The standard InChI is InChI=1S/C12H20O/c1-5-11(7-10(3)4)8-12(6-2)9-13/h5,7,12-13H,1,3,6,8-9H2,2,4H3/b11-7+. The van der Waals surface area contributed by atoms with Crippen molar-refractivity contribution in [1.29, 1.82) is 0 Å². The van der Waals surface area contributed by atoms with E-state index in [4.69, 9.17) is 5.11 Å². The summed E-state index contributed by atoms with van der Waals surface area (Å²) in [5.41, 5.74) is 2.19. The van der Waals surface area contributed by atoms with Gasteiger partial charge in [-0.25, -0.2) is 0 Å². The second-order valence-electron chi connectivity index (χ2n) is 3.43. The van der Waals surface area contributed by atoms with Crippen molar-refractivity contribution in [2.45, 2.75) is 26.7 Å². The van der Waals surface area contributed by atoms with Gasteiger partial charge in [0.2, 0.25) is 0 Å². The Morgan fingerprint density at radius 2 is 2.15 bits per heavy atom. The lowest BCUT2D eigenvalue weighted by molar-refractivity contribution is 0.222. The van der Waals surface area contributed by atoms with E-state index in [-0.39, 0.29) is 6.61 Å². The first-order valence-electron chi connectivity index (χ1n) is 4.73. The van der Waals surface area contributed by atoms with Crippen molar-refractivity contribution >= 4 is 0 Å². The van der Waals surface area contributed by atoms with Crippen LogP contribution in [0.5, 0.6) is 0 Å². The number of rotatable bonds is 6. The van der Waals surface area contributed by atoms with E-state index in [1.807, 2.05) is 19.1 Å². The first-order valence-corrected chi connectivity index (χ1v) is 4.73. The molecular weight excluding hydrogens is 160 g/mol. The molecule has 0 spiro atoms. The molecular formula is C12H20O. The number of aliphatic hydroxyl groups excluding tert-OH is 1. The Hall–Kier alpha value is -0.820. The van der Waals surface area contributed by atoms with Gasteiger partial charge >= 0.3 is 0 Å². The number of aliphatic hydroxyl groups is 1. The Morgan fingerprint density at radius 1 is 1.54 bits per heavy atom. The van der Waals surface area contributed by atoms with E-state index in [9.17, 15) is 0 Å². The quantitative estimate of drug-likeness (QED) is 0.623. The average Bonchev–Trinajstić information content (AvgIpc) is 2.11. The van der Waals surface area contributed by atoms with Crippen molar-refractivity contribution in [2.24, 2.45) is 5.92 Å². The van der Waals surface area contributed by atoms with Crippen LogP contribution in [-0.4, -0.2) is 11.7 Å². The van der Waals surface area contributed by atoms with Gasteiger partial charge in [0, 0.05) is 6.61 Å². The van der Waals surface area contributed by atoms with E-state index in [2.05, 4.69) is 20.1 Å². The van der Waals surface area contributed by atoms with Gasteiger partial charge in [0.05, 0.1) is 0 Å². The number of allylic oxidation sites excluding steroid dienone is 4. The molecule has 0 heterocycles. The lowest BCUT2D eigenvalue weighted by atomic mass is 9.96. The van der Waals surface area contributed by atoms with Crippen LogP contribution >= 0.6 is 0 Å². The fraction of sp³-hybridized carbons (Fsp3) is 0.500. The second kappa shape index (κ2) is 6.67. The molecule has 0 saturated carbocycles. The van der Waals surface area contributed by atoms with Crippen molar-refractivity contribution < 1.29 is 5.11 Å². The molecule has 0 aliphatic carbocycles. The smallest absolute Gasteiger partial charge is 0.0462 e. The van der Waals surface area contributed by atoms with Crippen LogP contribution in [-0.2, 0) is 0 Å². The monoisotopic (exact) mass is 180 g/mol. The zero-order valence-corrected chi connectivity index (χ0v) is 8.71. The van der Waals surface area contributed by atoms with E-state index in [0.29, 0.717) is 5.92 Å². The van der Waals surface area contributed by atoms with E-state index >= 15 is 0 Å². The molecule has 0 rings (SSSR count). The largest absolute Gasteiger partial charge is 0.396 e. The fourth-order valence-corrected chi connectivity index (χ4v) is 1.19. The van der Waals surface area contributed by atoms with Crippen molar-refractivity contribution in [3.8, 4) is 0 Å².